The molecule has 1 amide bonds. The highest BCUT2D eigenvalue weighted by Gasteiger charge is 2.35. The summed E-state index contributed by atoms with van der Waals surface area (Å²) < 4.78 is 5.31. The van der Waals surface area contributed by atoms with Crippen molar-refractivity contribution in [1.82, 2.24) is 14.8 Å². The molecule has 0 N–H and O–H groups in total. The number of likely N-dealkylation sites (tertiary alicyclic amines) is 1. The molecule has 6 heteroatoms. The summed E-state index contributed by atoms with van der Waals surface area (Å²) in [5.74, 6) is 0.866. The second-order valence-electron chi connectivity index (χ2n) is 5.85. The van der Waals surface area contributed by atoms with Gasteiger partial charge in [-0.1, -0.05) is 24.9 Å². The minimum atomic E-state index is -0.0137. The van der Waals surface area contributed by atoms with Crippen molar-refractivity contribution in [1.29, 1.82) is 0 Å². The Kier molecular flexibility index (Phi) is 5.64. The number of pyridine rings is 1. The SMILES string of the molecule is CCOc1ncc(C(=O)N2CC(CC)C(N(C)C)C2)cc1Cl. The lowest BCUT2D eigenvalue weighted by Gasteiger charge is -2.23. The maximum atomic E-state index is 12.7. The molecule has 1 saturated heterocycles. The second kappa shape index (κ2) is 7.29. The molecule has 1 aliphatic heterocycles. The van der Waals surface area contributed by atoms with Gasteiger partial charge in [-0.25, -0.2) is 4.98 Å². The highest BCUT2D eigenvalue weighted by atomic mass is 35.5. The molecule has 0 saturated carbocycles. The molecule has 5 nitrogen and oxygen atoms in total. The number of likely N-dealkylation sites (N-methyl/N-ethyl adjacent to an activating group) is 1. The molecule has 1 aliphatic rings. The molecule has 122 valence electrons. The molecule has 0 bridgehead atoms. The van der Waals surface area contributed by atoms with Gasteiger partial charge in [0.25, 0.3) is 5.91 Å². The van der Waals surface area contributed by atoms with Gasteiger partial charge in [-0.15, -0.1) is 0 Å². The molecule has 1 aromatic rings. The fraction of sp³-hybridized carbons (Fsp3) is 0.625. The Bertz CT molecular complexity index is 536. The minimum absolute atomic E-state index is 0.0137. The summed E-state index contributed by atoms with van der Waals surface area (Å²) in [7, 11) is 4.13. The molecule has 0 spiro atoms. The van der Waals surface area contributed by atoms with Crippen molar-refractivity contribution in [2.24, 2.45) is 5.92 Å². The normalized spacial score (nSPS) is 21.5. The first-order valence-corrected chi connectivity index (χ1v) is 8.09. The van der Waals surface area contributed by atoms with Gasteiger partial charge in [0, 0.05) is 25.3 Å². The summed E-state index contributed by atoms with van der Waals surface area (Å²) in [5.41, 5.74) is 0.516. The van der Waals surface area contributed by atoms with Crippen LogP contribution in [-0.2, 0) is 0 Å². The van der Waals surface area contributed by atoms with E-state index >= 15 is 0 Å². The lowest BCUT2D eigenvalue weighted by atomic mass is 10.0. The van der Waals surface area contributed by atoms with Gasteiger partial charge in [-0.05, 0) is 33.0 Å². The average Bonchev–Trinajstić information content (AvgIpc) is 2.93. The summed E-state index contributed by atoms with van der Waals surface area (Å²) in [6, 6.07) is 2.05. The molecular weight excluding hydrogens is 302 g/mol. The third-order valence-corrected chi connectivity index (χ3v) is 4.49. The fourth-order valence-corrected chi connectivity index (χ4v) is 3.19. The van der Waals surface area contributed by atoms with Crippen molar-refractivity contribution in [3.8, 4) is 5.88 Å². The smallest absolute Gasteiger partial charge is 0.255 e. The minimum Gasteiger partial charge on any atom is -0.477 e. The number of halogens is 1. The van der Waals surface area contributed by atoms with Crippen LogP contribution in [0.4, 0.5) is 0 Å². The first kappa shape index (κ1) is 17.0. The van der Waals surface area contributed by atoms with Crippen LogP contribution in [0.3, 0.4) is 0 Å². The molecule has 0 aromatic carbocycles. The van der Waals surface area contributed by atoms with E-state index in [-0.39, 0.29) is 5.91 Å². The summed E-state index contributed by atoms with van der Waals surface area (Å²) in [6.07, 6.45) is 2.61. The monoisotopic (exact) mass is 325 g/mol. The van der Waals surface area contributed by atoms with E-state index in [1.54, 1.807) is 12.3 Å². The Hall–Kier alpha value is -1.33. The molecular formula is C16H24ClN3O2. The van der Waals surface area contributed by atoms with Crippen LogP contribution in [-0.4, -0.2) is 60.5 Å². The van der Waals surface area contributed by atoms with E-state index in [1.165, 1.54) is 0 Å². The molecule has 0 aliphatic carbocycles. The highest BCUT2D eigenvalue weighted by molar-refractivity contribution is 6.32. The zero-order chi connectivity index (χ0) is 16.3. The standard InChI is InChI=1S/C16H24ClN3O2/c1-5-11-9-20(10-14(11)19(3)4)16(21)12-7-13(17)15(18-8-12)22-6-2/h7-8,11,14H,5-6,9-10H2,1-4H3. The first-order chi connectivity index (χ1) is 10.5. The molecule has 2 heterocycles. The van der Waals surface area contributed by atoms with E-state index < -0.39 is 0 Å². The van der Waals surface area contributed by atoms with Crippen LogP contribution in [0.15, 0.2) is 12.3 Å². The molecule has 1 fully saturated rings. The van der Waals surface area contributed by atoms with Gasteiger partial charge in [-0.3, -0.25) is 4.79 Å². The van der Waals surface area contributed by atoms with Crippen LogP contribution in [0.25, 0.3) is 0 Å². The first-order valence-electron chi connectivity index (χ1n) is 7.71. The van der Waals surface area contributed by atoms with Gasteiger partial charge in [0.2, 0.25) is 5.88 Å². The molecule has 2 unspecified atom stereocenters. The number of carbonyl (C=O) groups is 1. The third kappa shape index (κ3) is 3.52. The fourth-order valence-electron chi connectivity index (χ4n) is 2.97. The zero-order valence-corrected chi connectivity index (χ0v) is 14.4. The zero-order valence-electron chi connectivity index (χ0n) is 13.7. The Morgan fingerprint density at radius 3 is 2.68 bits per heavy atom. The van der Waals surface area contributed by atoms with Crippen LogP contribution in [0.2, 0.25) is 5.02 Å². The maximum Gasteiger partial charge on any atom is 0.255 e. The number of aromatic nitrogens is 1. The number of hydrogen-bond donors (Lipinski definition) is 0. The Morgan fingerprint density at radius 2 is 2.18 bits per heavy atom. The van der Waals surface area contributed by atoms with Crippen molar-refractivity contribution >= 4 is 17.5 Å². The number of nitrogens with zero attached hydrogens (tertiary/aromatic N) is 3. The van der Waals surface area contributed by atoms with Gasteiger partial charge in [-0.2, -0.15) is 0 Å². The Balaban J connectivity index is 2.13. The number of rotatable bonds is 5. The maximum absolute atomic E-state index is 12.7. The second-order valence-corrected chi connectivity index (χ2v) is 6.26. The molecule has 0 radical (unpaired) electrons. The molecule has 2 atom stereocenters. The van der Waals surface area contributed by atoms with E-state index in [2.05, 4.69) is 30.9 Å². The van der Waals surface area contributed by atoms with Crippen LogP contribution < -0.4 is 4.74 Å². The van der Waals surface area contributed by atoms with Crippen molar-refractivity contribution in [2.45, 2.75) is 26.3 Å². The van der Waals surface area contributed by atoms with E-state index in [1.807, 2.05) is 11.8 Å². The van der Waals surface area contributed by atoms with E-state index in [9.17, 15) is 4.79 Å². The Morgan fingerprint density at radius 1 is 1.45 bits per heavy atom. The lowest BCUT2D eigenvalue weighted by Crippen LogP contribution is -2.36. The summed E-state index contributed by atoms with van der Waals surface area (Å²) in [4.78, 5) is 20.9. The van der Waals surface area contributed by atoms with Crippen molar-refractivity contribution < 1.29 is 9.53 Å². The third-order valence-electron chi connectivity index (χ3n) is 4.22. The summed E-state index contributed by atoms with van der Waals surface area (Å²) in [6.45, 7) is 6.06. The Labute approximate surface area is 137 Å². The van der Waals surface area contributed by atoms with E-state index in [0.29, 0.717) is 35.0 Å². The van der Waals surface area contributed by atoms with Crippen molar-refractivity contribution in [3.05, 3.63) is 22.8 Å². The predicted octanol–water partition coefficient (Wildman–Crippen LogP) is 2.55. The number of amides is 1. The summed E-state index contributed by atoms with van der Waals surface area (Å²) in [5, 5.41) is 0.378. The molecule has 1 aromatic heterocycles. The van der Waals surface area contributed by atoms with Crippen LogP contribution in [0.5, 0.6) is 5.88 Å². The molecule has 22 heavy (non-hydrogen) atoms. The van der Waals surface area contributed by atoms with Crippen molar-refractivity contribution in [3.63, 3.8) is 0 Å². The van der Waals surface area contributed by atoms with Crippen molar-refractivity contribution in [2.75, 3.05) is 33.8 Å². The quantitative estimate of drug-likeness (QED) is 0.834. The van der Waals surface area contributed by atoms with Gasteiger partial charge < -0.3 is 14.5 Å². The summed E-state index contributed by atoms with van der Waals surface area (Å²) >= 11 is 6.13. The largest absolute Gasteiger partial charge is 0.477 e. The lowest BCUT2D eigenvalue weighted by molar-refractivity contribution is 0.0780. The van der Waals surface area contributed by atoms with Crippen LogP contribution in [0, 0.1) is 5.92 Å². The number of hydrogen-bond acceptors (Lipinski definition) is 4. The van der Waals surface area contributed by atoms with Gasteiger partial charge in [0.1, 0.15) is 5.02 Å². The highest BCUT2D eigenvalue weighted by Crippen LogP contribution is 2.27. The number of ether oxygens (including phenoxy) is 1. The van der Waals surface area contributed by atoms with Gasteiger partial charge >= 0.3 is 0 Å². The van der Waals surface area contributed by atoms with E-state index in [0.717, 1.165) is 19.5 Å². The van der Waals surface area contributed by atoms with E-state index in [4.69, 9.17) is 16.3 Å². The predicted molar refractivity (Wildman–Crippen MR) is 87.6 cm³/mol. The van der Waals surface area contributed by atoms with Crippen LogP contribution in [0.1, 0.15) is 30.6 Å². The van der Waals surface area contributed by atoms with Gasteiger partial charge in [0.05, 0.1) is 12.2 Å². The average molecular weight is 326 g/mol. The molecule has 2 rings (SSSR count). The van der Waals surface area contributed by atoms with Crippen LogP contribution >= 0.6 is 11.6 Å². The number of carbonyl (C=O) groups excluding carboxylic acids is 1. The van der Waals surface area contributed by atoms with Gasteiger partial charge in [0.15, 0.2) is 0 Å². The topological polar surface area (TPSA) is 45.7 Å².